The van der Waals surface area contributed by atoms with Gasteiger partial charge in [0.25, 0.3) is 5.92 Å². The lowest BCUT2D eigenvalue weighted by Crippen LogP contribution is -2.46. The van der Waals surface area contributed by atoms with E-state index < -0.39 is 18.2 Å². The molecule has 208 valence electrons. The van der Waals surface area contributed by atoms with Gasteiger partial charge in [-0.15, -0.1) is 0 Å². The molecule has 4 aromatic rings. The van der Waals surface area contributed by atoms with Crippen molar-refractivity contribution in [2.75, 3.05) is 32.7 Å². The van der Waals surface area contributed by atoms with Gasteiger partial charge >= 0.3 is 0 Å². The van der Waals surface area contributed by atoms with Crippen molar-refractivity contribution in [2.45, 2.75) is 50.9 Å². The van der Waals surface area contributed by atoms with Gasteiger partial charge in [0, 0.05) is 62.7 Å². The Labute approximate surface area is 230 Å². The Balaban J connectivity index is 1.29. The van der Waals surface area contributed by atoms with Crippen LogP contribution in [0.3, 0.4) is 0 Å². The zero-order chi connectivity index (χ0) is 27.9. The van der Waals surface area contributed by atoms with Crippen LogP contribution in [0.25, 0.3) is 33.1 Å². The standard InChI is InChI=1S/C30H31F3N6O/c1-2-38-10-7-26(23(31)18-38)40-28-24(14-34)35-16-25-27(28)22-13-21(15-36-29(22)37-25)20-5-3-19(4-6-20)17-39-11-8-30(32,33)9-12-39/h3-6,13,15-16,23,26H,2,7-12,17-18H2,1H3,(H,36,37)/t23-,26-/m0/s1. The van der Waals surface area contributed by atoms with Gasteiger partial charge in [-0.1, -0.05) is 31.2 Å². The predicted molar refractivity (Wildman–Crippen MR) is 147 cm³/mol. The Hall–Kier alpha value is -3.68. The van der Waals surface area contributed by atoms with Crippen LogP contribution in [0.15, 0.2) is 42.7 Å². The molecule has 1 N–H and O–H groups in total. The number of nitriles is 1. The minimum Gasteiger partial charge on any atom is -0.483 e. The van der Waals surface area contributed by atoms with Gasteiger partial charge < -0.3 is 14.6 Å². The molecule has 2 aliphatic heterocycles. The van der Waals surface area contributed by atoms with Gasteiger partial charge in [-0.2, -0.15) is 5.26 Å². The van der Waals surface area contributed by atoms with Crippen LogP contribution in [-0.4, -0.2) is 75.7 Å². The van der Waals surface area contributed by atoms with Gasteiger partial charge in [0.05, 0.1) is 17.1 Å². The van der Waals surface area contributed by atoms with Crippen LogP contribution in [0, 0.1) is 11.3 Å². The molecule has 0 bridgehead atoms. The van der Waals surface area contributed by atoms with E-state index in [1.54, 1.807) is 12.4 Å². The minimum absolute atomic E-state index is 0.0972. The summed E-state index contributed by atoms with van der Waals surface area (Å²) in [6, 6.07) is 12.1. The summed E-state index contributed by atoms with van der Waals surface area (Å²) in [5.74, 6) is -2.27. The fourth-order valence-electron chi connectivity index (χ4n) is 5.71. The Morgan fingerprint density at radius 2 is 1.85 bits per heavy atom. The number of benzene rings is 1. The molecule has 3 aromatic heterocycles. The van der Waals surface area contributed by atoms with E-state index in [-0.39, 0.29) is 24.3 Å². The molecule has 5 heterocycles. The van der Waals surface area contributed by atoms with E-state index in [0.29, 0.717) is 49.1 Å². The molecule has 0 saturated carbocycles. The normalized spacial score (nSPS) is 22.0. The molecule has 2 saturated heterocycles. The molecule has 0 amide bonds. The SMILES string of the molecule is CCN1CC[C@H](Oc2c(C#N)ncc3[nH]c4ncc(-c5ccc(CN6CCC(F)(F)CC6)cc5)cc4c23)[C@@H](F)C1. The summed E-state index contributed by atoms with van der Waals surface area (Å²) >= 11 is 0. The molecule has 0 unspecified atom stereocenters. The topological polar surface area (TPSA) is 81.1 Å². The van der Waals surface area contributed by atoms with Crippen molar-refractivity contribution >= 4 is 21.9 Å². The van der Waals surface area contributed by atoms with Crippen molar-refractivity contribution in [1.29, 1.82) is 5.26 Å². The Bertz CT molecular complexity index is 1550. The highest BCUT2D eigenvalue weighted by Crippen LogP contribution is 2.37. The summed E-state index contributed by atoms with van der Waals surface area (Å²) in [6.07, 6.45) is 1.85. The quantitative estimate of drug-likeness (QED) is 0.333. The van der Waals surface area contributed by atoms with Gasteiger partial charge in [0.2, 0.25) is 0 Å². The number of ether oxygens (including phenoxy) is 1. The summed E-state index contributed by atoms with van der Waals surface area (Å²) in [4.78, 5) is 16.2. The Kier molecular flexibility index (Phi) is 7.11. The number of H-pyrrole nitrogens is 1. The molecule has 2 atom stereocenters. The number of aromatic amines is 1. The minimum atomic E-state index is -2.55. The second-order valence-electron chi connectivity index (χ2n) is 10.8. The zero-order valence-corrected chi connectivity index (χ0v) is 22.3. The molecule has 6 rings (SSSR count). The summed E-state index contributed by atoms with van der Waals surface area (Å²) in [5.41, 5.74) is 4.28. The van der Waals surface area contributed by atoms with Gasteiger partial charge in [0.15, 0.2) is 11.4 Å². The van der Waals surface area contributed by atoms with Crippen LogP contribution in [0.5, 0.6) is 5.75 Å². The summed E-state index contributed by atoms with van der Waals surface area (Å²) in [5, 5.41) is 11.2. The largest absolute Gasteiger partial charge is 0.483 e. The monoisotopic (exact) mass is 548 g/mol. The maximum absolute atomic E-state index is 15.0. The smallest absolute Gasteiger partial charge is 0.250 e. The van der Waals surface area contributed by atoms with E-state index in [9.17, 15) is 14.0 Å². The number of likely N-dealkylation sites (tertiary alicyclic amines) is 2. The first-order valence-electron chi connectivity index (χ1n) is 13.8. The van der Waals surface area contributed by atoms with Gasteiger partial charge in [-0.25, -0.2) is 23.1 Å². The summed E-state index contributed by atoms with van der Waals surface area (Å²) < 4.78 is 48.2. The van der Waals surface area contributed by atoms with Crippen LogP contribution < -0.4 is 4.74 Å². The lowest BCUT2D eigenvalue weighted by molar-refractivity contribution is -0.0566. The first-order chi connectivity index (χ1) is 19.3. The molecule has 2 aliphatic rings. The highest BCUT2D eigenvalue weighted by molar-refractivity contribution is 6.10. The van der Waals surface area contributed by atoms with Gasteiger partial charge in [-0.3, -0.25) is 4.90 Å². The van der Waals surface area contributed by atoms with E-state index in [0.717, 1.165) is 35.2 Å². The first kappa shape index (κ1) is 26.5. The Morgan fingerprint density at radius 3 is 2.55 bits per heavy atom. The third kappa shape index (κ3) is 5.23. The van der Waals surface area contributed by atoms with Crippen LogP contribution in [0.4, 0.5) is 13.2 Å². The average molecular weight is 549 g/mol. The Morgan fingerprint density at radius 1 is 1.07 bits per heavy atom. The number of hydrogen-bond acceptors (Lipinski definition) is 6. The number of nitrogens with zero attached hydrogens (tertiary/aromatic N) is 5. The number of fused-ring (bicyclic) bond motifs is 3. The highest BCUT2D eigenvalue weighted by atomic mass is 19.3. The average Bonchev–Trinajstić information content (AvgIpc) is 3.34. The number of rotatable bonds is 6. The summed E-state index contributed by atoms with van der Waals surface area (Å²) in [7, 11) is 0. The number of nitrogens with one attached hydrogen (secondary N) is 1. The molecule has 2 fully saturated rings. The maximum atomic E-state index is 15.0. The van der Waals surface area contributed by atoms with E-state index >= 15 is 4.39 Å². The van der Waals surface area contributed by atoms with Crippen LogP contribution in [0.2, 0.25) is 0 Å². The van der Waals surface area contributed by atoms with Crippen LogP contribution in [0.1, 0.15) is 37.4 Å². The van der Waals surface area contributed by atoms with Crippen molar-refractivity contribution in [3.05, 3.63) is 54.0 Å². The third-order valence-electron chi connectivity index (χ3n) is 8.11. The number of alkyl halides is 3. The fraction of sp³-hybridized carbons (Fsp3) is 0.433. The van der Waals surface area contributed by atoms with E-state index in [2.05, 4.69) is 25.9 Å². The van der Waals surface area contributed by atoms with E-state index in [1.807, 2.05) is 42.2 Å². The van der Waals surface area contributed by atoms with Crippen LogP contribution >= 0.6 is 0 Å². The molecule has 10 heteroatoms. The van der Waals surface area contributed by atoms with E-state index in [4.69, 9.17) is 4.74 Å². The molecule has 7 nitrogen and oxygen atoms in total. The van der Waals surface area contributed by atoms with Gasteiger partial charge in [0.1, 0.15) is 24.0 Å². The molecular formula is C30H31F3N6O. The lowest BCUT2D eigenvalue weighted by Gasteiger charge is -2.34. The molecule has 1 aromatic carbocycles. The second-order valence-corrected chi connectivity index (χ2v) is 10.8. The zero-order valence-electron chi connectivity index (χ0n) is 22.3. The molecular weight excluding hydrogens is 517 g/mol. The van der Waals surface area contributed by atoms with Gasteiger partial charge in [-0.05, 0) is 30.2 Å². The predicted octanol–water partition coefficient (Wildman–Crippen LogP) is 5.69. The maximum Gasteiger partial charge on any atom is 0.250 e. The first-order valence-corrected chi connectivity index (χ1v) is 13.8. The van der Waals surface area contributed by atoms with Crippen molar-refractivity contribution in [3.8, 4) is 22.9 Å². The number of hydrogen-bond donors (Lipinski definition) is 1. The number of aromatic nitrogens is 3. The van der Waals surface area contributed by atoms with Crippen molar-refractivity contribution in [3.63, 3.8) is 0 Å². The fourth-order valence-corrected chi connectivity index (χ4v) is 5.71. The third-order valence-corrected chi connectivity index (χ3v) is 8.11. The van der Waals surface area contributed by atoms with Crippen molar-refractivity contribution < 1.29 is 17.9 Å². The van der Waals surface area contributed by atoms with Crippen molar-refractivity contribution in [1.82, 2.24) is 24.8 Å². The molecule has 0 aliphatic carbocycles. The second kappa shape index (κ2) is 10.7. The molecule has 40 heavy (non-hydrogen) atoms. The van der Waals surface area contributed by atoms with Crippen molar-refractivity contribution in [2.24, 2.45) is 0 Å². The summed E-state index contributed by atoms with van der Waals surface area (Å²) in [6.45, 7) is 5.23. The highest BCUT2D eigenvalue weighted by Gasteiger charge is 2.34. The van der Waals surface area contributed by atoms with Crippen LogP contribution in [-0.2, 0) is 6.54 Å². The lowest BCUT2D eigenvalue weighted by atomic mass is 10.0. The molecule has 0 radical (unpaired) electrons. The number of halogens is 3. The molecule has 0 spiro atoms. The number of pyridine rings is 2. The number of piperidine rings is 2. The van der Waals surface area contributed by atoms with E-state index in [1.165, 1.54) is 0 Å².